The van der Waals surface area contributed by atoms with Crippen LogP contribution in [0.4, 0.5) is 0 Å². The summed E-state index contributed by atoms with van der Waals surface area (Å²) in [6.07, 6.45) is 73.4. The summed E-state index contributed by atoms with van der Waals surface area (Å²) < 4.78 is 0. The van der Waals surface area contributed by atoms with E-state index in [-0.39, 0.29) is 18.9 Å². The molecule has 390 valence electrons. The molecule has 5 heteroatoms. The van der Waals surface area contributed by atoms with Gasteiger partial charge in [-0.1, -0.05) is 301 Å². The van der Waals surface area contributed by atoms with E-state index in [1.165, 1.54) is 263 Å². The molecule has 66 heavy (non-hydrogen) atoms. The predicted molar refractivity (Wildman–Crippen MR) is 291 cm³/mol. The molecule has 0 aliphatic rings. The van der Waals surface area contributed by atoms with Crippen LogP contribution < -0.4 is 5.32 Å². The molecule has 3 unspecified atom stereocenters. The second-order valence-corrected chi connectivity index (χ2v) is 20.6. The molecule has 0 bridgehead atoms. The number of nitrogens with one attached hydrogen (secondary N) is 1. The molecule has 1 amide bonds. The molecule has 0 aromatic carbocycles. The number of unbranched alkanes of at least 4 members (excludes halogenated alkanes) is 42. The van der Waals surface area contributed by atoms with Crippen molar-refractivity contribution in [3.8, 4) is 0 Å². The van der Waals surface area contributed by atoms with Crippen LogP contribution in [-0.4, -0.2) is 46.1 Å². The number of hydrogen-bond donors (Lipinski definition) is 4. The minimum absolute atomic E-state index is 0.0134. The van der Waals surface area contributed by atoms with Crippen molar-refractivity contribution in [1.29, 1.82) is 0 Å². The summed E-state index contributed by atoms with van der Waals surface area (Å²) in [7, 11) is 0. The number of allylic oxidation sites excluding steroid dienone is 5. The van der Waals surface area contributed by atoms with E-state index in [1.807, 2.05) is 6.08 Å². The lowest BCUT2D eigenvalue weighted by atomic mass is 10.0. The first-order valence-corrected chi connectivity index (χ1v) is 29.8. The van der Waals surface area contributed by atoms with Crippen LogP contribution in [0, 0.1) is 0 Å². The zero-order valence-electron chi connectivity index (χ0n) is 44.6. The largest absolute Gasteiger partial charge is 0.394 e. The van der Waals surface area contributed by atoms with Crippen LogP contribution in [0.3, 0.4) is 0 Å². The maximum Gasteiger partial charge on any atom is 0.222 e. The Bertz CT molecular complexity index is 1020. The fraction of sp³-hybridized carbons (Fsp3) is 0.885. The Hall–Kier alpha value is -1.43. The number of aliphatic hydroxyl groups is 3. The minimum Gasteiger partial charge on any atom is -0.394 e. The number of carbonyl (C=O) groups excluding carboxylic acids is 1. The second kappa shape index (κ2) is 56.2. The van der Waals surface area contributed by atoms with Crippen molar-refractivity contribution >= 4 is 5.91 Å². The fourth-order valence-corrected chi connectivity index (χ4v) is 9.37. The summed E-state index contributed by atoms with van der Waals surface area (Å²) >= 11 is 0. The summed E-state index contributed by atoms with van der Waals surface area (Å²) in [5, 5.41) is 33.5. The molecule has 0 aromatic rings. The normalized spacial score (nSPS) is 13.5. The standard InChI is InChI=1S/C61H117NO4/c1-3-5-7-9-11-13-15-17-19-21-23-25-27-29-30-31-32-34-36-38-40-42-44-46-48-50-52-54-58(64)56-61(66)62-59(57-63)60(65)55-53-51-49-47-45-43-41-39-37-35-33-28-26-24-22-20-18-16-14-12-10-8-6-4-2/h23,25,29-30,53,55,58-60,63-65H,3-22,24,26-28,31-52,54,56-57H2,1-2H3,(H,62,66)/b25-23-,30-29-,55-53+. The van der Waals surface area contributed by atoms with Crippen LogP contribution in [0.2, 0.25) is 0 Å². The third-order valence-corrected chi connectivity index (χ3v) is 13.9. The van der Waals surface area contributed by atoms with Crippen LogP contribution >= 0.6 is 0 Å². The number of rotatable bonds is 55. The van der Waals surface area contributed by atoms with Gasteiger partial charge < -0.3 is 20.6 Å². The van der Waals surface area contributed by atoms with Crippen molar-refractivity contribution in [3.63, 3.8) is 0 Å². The Kier molecular flexibility index (Phi) is 54.9. The molecule has 0 heterocycles. The smallest absolute Gasteiger partial charge is 0.222 e. The molecule has 0 radical (unpaired) electrons. The SMILES string of the molecule is CCCCCCCCCCC/C=C\C/C=C\CCCCCCCCCCCCCC(O)CC(=O)NC(CO)C(O)/C=C/CCCCCCCCCCCCCCCCCCCCCCCC. The quantitative estimate of drug-likeness (QED) is 0.0361. The first-order valence-electron chi connectivity index (χ1n) is 29.8. The van der Waals surface area contributed by atoms with Crippen LogP contribution in [-0.2, 0) is 4.79 Å². The van der Waals surface area contributed by atoms with Crippen molar-refractivity contribution in [2.24, 2.45) is 0 Å². The van der Waals surface area contributed by atoms with E-state index in [1.54, 1.807) is 6.08 Å². The molecule has 0 aliphatic heterocycles. The van der Waals surface area contributed by atoms with Gasteiger partial charge in [-0.3, -0.25) is 4.79 Å². The average Bonchev–Trinajstić information content (AvgIpc) is 3.31. The molecule has 5 nitrogen and oxygen atoms in total. The number of hydrogen-bond acceptors (Lipinski definition) is 4. The maximum atomic E-state index is 12.5. The van der Waals surface area contributed by atoms with Gasteiger partial charge >= 0.3 is 0 Å². The highest BCUT2D eigenvalue weighted by atomic mass is 16.3. The summed E-state index contributed by atoms with van der Waals surface area (Å²) in [6, 6.07) is -0.746. The summed E-state index contributed by atoms with van der Waals surface area (Å²) in [5.41, 5.74) is 0. The van der Waals surface area contributed by atoms with Crippen molar-refractivity contribution in [3.05, 3.63) is 36.5 Å². The van der Waals surface area contributed by atoms with E-state index >= 15 is 0 Å². The molecular weight excluding hydrogens is 811 g/mol. The Labute approximate surface area is 413 Å². The highest BCUT2D eigenvalue weighted by Crippen LogP contribution is 2.18. The molecule has 3 atom stereocenters. The predicted octanol–water partition coefficient (Wildman–Crippen LogP) is 18.6. The van der Waals surface area contributed by atoms with Gasteiger partial charge in [0.25, 0.3) is 0 Å². The van der Waals surface area contributed by atoms with Gasteiger partial charge in [-0.25, -0.2) is 0 Å². The molecule has 0 aliphatic carbocycles. The fourth-order valence-electron chi connectivity index (χ4n) is 9.37. The number of aliphatic hydroxyl groups excluding tert-OH is 3. The summed E-state index contributed by atoms with van der Waals surface area (Å²) in [5.74, 6) is -0.312. The van der Waals surface area contributed by atoms with Crippen LogP contribution in [0.5, 0.6) is 0 Å². The zero-order valence-corrected chi connectivity index (χ0v) is 44.6. The Morgan fingerprint density at radius 3 is 1.00 bits per heavy atom. The van der Waals surface area contributed by atoms with Crippen LogP contribution in [0.1, 0.15) is 322 Å². The number of amides is 1. The third-order valence-electron chi connectivity index (χ3n) is 13.9. The lowest BCUT2D eigenvalue weighted by Crippen LogP contribution is -2.45. The van der Waals surface area contributed by atoms with Gasteiger partial charge in [-0.05, 0) is 51.4 Å². The molecule has 0 aromatic heterocycles. The topological polar surface area (TPSA) is 89.8 Å². The molecule has 0 saturated heterocycles. The lowest BCUT2D eigenvalue weighted by molar-refractivity contribution is -0.124. The Morgan fingerprint density at radius 2 is 0.682 bits per heavy atom. The summed E-state index contributed by atoms with van der Waals surface area (Å²) in [6.45, 7) is 4.25. The van der Waals surface area contributed by atoms with E-state index in [4.69, 9.17) is 0 Å². The highest BCUT2D eigenvalue weighted by molar-refractivity contribution is 5.76. The van der Waals surface area contributed by atoms with Crippen LogP contribution in [0.15, 0.2) is 36.5 Å². The van der Waals surface area contributed by atoms with Gasteiger partial charge in [-0.15, -0.1) is 0 Å². The van der Waals surface area contributed by atoms with Gasteiger partial charge in [0.15, 0.2) is 0 Å². The van der Waals surface area contributed by atoms with E-state index in [0.717, 1.165) is 32.1 Å². The van der Waals surface area contributed by atoms with Crippen molar-refractivity contribution in [2.75, 3.05) is 6.61 Å². The molecule has 0 fully saturated rings. The summed E-state index contributed by atoms with van der Waals surface area (Å²) in [4.78, 5) is 12.5. The van der Waals surface area contributed by atoms with E-state index < -0.39 is 18.2 Å². The van der Waals surface area contributed by atoms with Crippen LogP contribution in [0.25, 0.3) is 0 Å². The van der Waals surface area contributed by atoms with Gasteiger partial charge in [0.05, 0.1) is 31.3 Å². The molecular formula is C61H117NO4. The monoisotopic (exact) mass is 928 g/mol. The Morgan fingerprint density at radius 1 is 0.394 bits per heavy atom. The lowest BCUT2D eigenvalue weighted by Gasteiger charge is -2.21. The highest BCUT2D eigenvalue weighted by Gasteiger charge is 2.20. The first kappa shape index (κ1) is 64.6. The Balaban J connectivity index is 3.56. The van der Waals surface area contributed by atoms with Gasteiger partial charge in [0, 0.05) is 0 Å². The molecule has 4 N–H and O–H groups in total. The van der Waals surface area contributed by atoms with Gasteiger partial charge in [0.2, 0.25) is 5.91 Å². The second-order valence-electron chi connectivity index (χ2n) is 20.6. The zero-order chi connectivity index (χ0) is 47.9. The first-order chi connectivity index (χ1) is 32.5. The van der Waals surface area contributed by atoms with Crippen molar-refractivity contribution in [2.45, 2.75) is 340 Å². The van der Waals surface area contributed by atoms with Crippen molar-refractivity contribution < 1.29 is 20.1 Å². The van der Waals surface area contributed by atoms with E-state index in [9.17, 15) is 20.1 Å². The third kappa shape index (κ3) is 52.0. The minimum atomic E-state index is -0.931. The maximum absolute atomic E-state index is 12.5. The van der Waals surface area contributed by atoms with Crippen molar-refractivity contribution in [1.82, 2.24) is 5.32 Å². The number of carbonyl (C=O) groups is 1. The van der Waals surface area contributed by atoms with Gasteiger partial charge in [-0.2, -0.15) is 0 Å². The molecule has 0 rings (SSSR count). The van der Waals surface area contributed by atoms with E-state index in [2.05, 4.69) is 43.5 Å². The van der Waals surface area contributed by atoms with E-state index in [0.29, 0.717) is 6.42 Å². The van der Waals surface area contributed by atoms with Gasteiger partial charge in [0.1, 0.15) is 0 Å². The average molecular weight is 929 g/mol. The molecule has 0 saturated carbocycles. The molecule has 0 spiro atoms.